The molecule has 0 bridgehead atoms. The van der Waals surface area contributed by atoms with Crippen LogP contribution in [0.15, 0.2) is 5.38 Å². The zero-order valence-electron chi connectivity index (χ0n) is 13.9. The van der Waals surface area contributed by atoms with Gasteiger partial charge in [-0.3, -0.25) is 4.79 Å². The molecule has 7 heteroatoms. The van der Waals surface area contributed by atoms with Crippen LogP contribution in [0.4, 0.5) is 4.79 Å². The van der Waals surface area contributed by atoms with E-state index in [1.165, 1.54) is 16.2 Å². The molecule has 0 saturated carbocycles. The first-order valence-electron chi connectivity index (χ1n) is 7.29. The Labute approximate surface area is 135 Å². The second-order valence-electron chi connectivity index (χ2n) is 6.16. The van der Waals surface area contributed by atoms with Crippen molar-refractivity contribution in [2.45, 2.75) is 52.7 Å². The number of aryl methyl sites for hydroxylation is 1. The van der Waals surface area contributed by atoms with Crippen LogP contribution in [0.25, 0.3) is 0 Å². The van der Waals surface area contributed by atoms with Crippen LogP contribution in [-0.2, 0) is 16.1 Å². The molecule has 124 valence electrons. The molecule has 0 aliphatic carbocycles. The van der Waals surface area contributed by atoms with Gasteiger partial charge in [0, 0.05) is 31.1 Å². The second kappa shape index (κ2) is 8.12. The second-order valence-corrected chi connectivity index (χ2v) is 7.11. The number of hydrogen-bond acceptors (Lipinski definition) is 5. The molecule has 0 radical (unpaired) electrons. The van der Waals surface area contributed by atoms with Crippen LogP contribution in [0, 0.1) is 6.92 Å². The predicted octanol–water partition coefficient (Wildman–Crippen LogP) is 2.71. The van der Waals surface area contributed by atoms with Crippen molar-refractivity contribution in [2.24, 2.45) is 0 Å². The summed E-state index contributed by atoms with van der Waals surface area (Å²) in [5, 5.41) is 5.68. The van der Waals surface area contributed by atoms with E-state index in [4.69, 9.17) is 4.74 Å². The Morgan fingerprint density at radius 3 is 2.64 bits per heavy atom. The number of amides is 2. The van der Waals surface area contributed by atoms with E-state index in [1.807, 2.05) is 33.1 Å². The summed E-state index contributed by atoms with van der Waals surface area (Å²) in [5.41, 5.74) is 0.461. The maximum absolute atomic E-state index is 11.7. The summed E-state index contributed by atoms with van der Waals surface area (Å²) in [6.45, 7) is 8.35. The maximum atomic E-state index is 11.7. The Hall–Kier alpha value is -1.63. The van der Waals surface area contributed by atoms with Gasteiger partial charge in [-0.1, -0.05) is 0 Å². The van der Waals surface area contributed by atoms with Crippen LogP contribution in [0.5, 0.6) is 0 Å². The molecule has 2 amide bonds. The quantitative estimate of drug-likeness (QED) is 0.872. The van der Waals surface area contributed by atoms with E-state index in [9.17, 15) is 9.59 Å². The van der Waals surface area contributed by atoms with Gasteiger partial charge in [-0.05, 0) is 34.1 Å². The monoisotopic (exact) mass is 327 g/mol. The summed E-state index contributed by atoms with van der Waals surface area (Å²) >= 11 is 1.53. The van der Waals surface area contributed by atoms with Crippen LogP contribution in [0.1, 0.15) is 44.3 Å². The molecule has 0 spiro atoms. The average molecular weight is 327 g/mol. The van der Waals surface area contributed by atoms with Gasteiger partial charge in [-0.2, -0.15) is 0 Å². The fourth-order valence-electron chi connectivity index (χ4n) is 1.65. The van der Waals surface area contributed by atoms with Gasteiger partial charge in [-0.15, -0.1) is 11.3 Å². The summed E-state index contributed by atoms with van der Waals surface area (Å²) in [6, 6.07) is 0. The summed E-state index contributed by atoms with van der Waals surface area (Å²) in [6.07, 6.45) is 0.599. The fraction of sp³-hybridized carbons (Fsp3) is 0.667. The first kappa shape index (κ1) is 18.4. The molecule has 22 heavy (non-hydrogen) atoms. The third-order valence-electron chi connectivity index (χ3n) is 2.71. The van der Waals surface area contributed by atoms with Crippen LogP contribution >= 0.6 is 11.3 Å². The molecular weight excluding hydrogens is 302 g/mol. The lowest BCUT2D eigenvalue weighted by atomic mass is 10.2. The smallest absolute Gasteiger partial charge is 0.410 e. The molecular formula is C15H25N3O3S. The van der Waals surface area contributed by atoms with Gasteiger partial charge in [0.1, 0.15) is 10.6 Å². The number of thiazole rings is 1. The molecule has 0 unspecified atom stereocenters. The van der Waals surface area contributed by atoms with Crippen molar-refractivity contribution in [1.29, 1.82) is 0 Å². The summed E-state index contributed by atoms with van der Waals surface area (Å²) in [4.78, 5) is 29.2. The lowest BCUT2D eigenvalue weighted by Crippen LogP contribution is -2.35. The number of ether oxygens (including phenoxy) is 1. The maximum Gasteiger partial charge on any atom is 0.410 e. The number of carbonyl (C=O) groups excluding carboxylic acids is 2. The Bertz CT molecular complexity index is 508. The van der Waals surface area contributed by atoms with Crippen molar-refractivity contribution < 1.29 is 14.3 Å². The number of nitrogens with one attached hydrogen (secondary N) is 1. The van der Waals surface area contributed by atoms with Crippen molar-refractivity contribution in [3.63, 3.8) is 0 Å². The van der Waals surface area contributed by atoms with E-state index in [-0.39, 0.29) is 12.0 Å². The third kappa shape index (κ3) is 7.40. The van der Waals surface area contributed by atoms with Gasteiger partial charge >= 0.3 is 6.09 Å². The normalized spacial score (nSPS) is 11.1. The van der Waals surface area contributed by atoms with Gasteiger partial charge in [0.05, 0.1) is 6.54 Å². The molecule has 0 aliphatic rings. The van der Waals surface area contributed by atoms with Crippen LogP contribution in [-0.4, -0.2) is 41.1 Å². The van der Waals surface area contributed by atoms with E-state index in [2.05, 4.69) is 10.3 Å². The summed E-state index contributed by atoms with van der Waals surface area (Å²) < 4.78 is 5.24. The average Bonchev–Trinajstić information content (AvgIpc) is 2.80. The first-order chi connectivity index (χ1) is 10.2. The number of hydrogen-bond donors (Lipinski definition) is 1. The minimum absolute atomic E-state index is 0.0366. The Balaban J connectivity index is 2.20. The van der Waals surface area contributed by atoms with Gasteiger partial charge in [0.15, 0.2) is 0 Å². The highest BCUT2D eigenvalue weighted by molar-refractivity contribution is 7.09. The van der Waals surface area contributed by atoms with Crippen LogP contribution < -0.4 is 5.32 Å². The number of carbonyl (C=O) groups is 2. The van der Waals surface area contributed by atoms with Crippen molar-refractivity contribution in [2.75, 3.05) is 13.6 Å². The van der Waals surface area contributed by atoms with Crippen LogP contribution in [0.3, 0.4) is 0 Å². The molecule has 1 aromatic heterocycles. The van der Waals surface area contributed by atoms with E-state index in [0.717, 1.165) is 10.7 Å². The molecule has 0 atom stereocenters. The van der Waals surface area contributed by atoms with Crippen molar-refractivity contribution in [3.8, 4) is 0 Å². The molecule has 0 fully saturated rings. The van der Waals surface area contributed by atoms with Gasteiger partial charge in [0.25, 0.3) is 0 Å². The number of aromatic nitrogens is 1. The Morgan fingerprint density at radius 1 is 1.41 bits per heavy atom. The predicted molar refractivity (Wildman–Crippen MR) is 86.8 cm³/mol. The van der Waals surface area contributed by atoms with Gasteiger partial charge in [-0.25, -0.2) is 9.78 Å². The zero-order chi connectivity index (χ0) is 16.8. The molecule has 1 rings (SSSR count). The first-order valence-corrected chi connectivity index (χ1v) is 8.17. The fourth-order valence-corrected chi connectivity index (χ4v) is 2.37. The molecule has 0 aliphatic heterocycles. The summed E-state index contributed by atoms with van der Waals surface area (Å²) in [5.74, 6) is -0.0366. The lowest BCUT2D eigenvalue weighted by molar-refractivity contribution is -0.121. The Morgan fingerprint density at radius 2 is 2.09 bits per heavy atom. The Kier molecular flexibility index (Phi) is 6.80. The molecule has 0 saturated heterocycles. The van der Waals surface area contributed by atoms with Crippen molar-refractivity contribution in [1.82, 2.24) is 15.2 Å². The van der Waals surface area contributed by atoms with Crippen molar-refractivity contribution >= 4 is 23.3 Å². The molecule has 1 heterocycles. The largest absolute Gasteiger partial charge is 0.444 e. The third-order valence-corrected chi connectivity index (χ3v) is 3.67. The SMILES string of the molecule is Cc1csc(CNC(=O)CCCN(C)C(=O)OC(C)(C)C)n1. The molecule has 0 aromatic carbocycles. The van der Waals surface area contributed by atoms with E-state index >= 15 is 0 Å². The zero-order valence-corrected chi connectivity index (χ0v) is 14.7. The van der Waals surface area contributed by atoms with E-state index < -0.39 is 5.60 Å². The minimum Gasteiger partial charge on any atom is -0.444 e. The molecule has 1 N–H and O–H groups in total. The van der Waals surface area contributed by atoms with Crippen molar-refractivity contribution in [3.05, 3.63) is 16.1 Å². The van der Waals surface area contributed by atoms with E-state index in [0.29, 0.717) is 25.9 Å². The minimum atomic E-state index is -0.505. The topological polar surface area (TPSA) is 71.5 Å². The highest BCUT2D eigenvalue weighted by Crippen LogP contribution is 2.10. The van der Waals surface area contributed by atoms with E-state index in [1.54, 1.807) is 7.05 Å². The van der Waals surface area contributed by atoms with Gasteiger partial charge < -0.3 is 15.0 Å². The van der Waals surface area contributed by atoms with Gasteiger partial charge in [0.2, 0.25) is 5.91 Å². The number of nitrogens with zero attached hydrogens (tertiary/aromatic N) is 2. The standard InChI is InChI=1S/C15H25N3O3S/c1-11-10-22-13(17-11)9-16-12(19)7-6-8-18(5)14(20)21-15(2,3)4/h10H,6-9H2,1-5H3,(H,16,19). The molecule has 6 nitrogen and oxygen atoms in total. The van der Waals surface area contributed by atoms with Crippen LogP contribution in [0.2, 0.25) is 0 Å². The highest BCUT2D eigenvalue weighted by atomic mass is 32.1. The lowest BCUT2D eigenvalue weighted by Gasteiger charge is -2.24. The summed E-state index contributed by atoms with van der Waals surface area (Å²) in [7, 11) is 1.67. The number of rotatable bonds is 6. The highest BCUT2D eigenvalue weighted by Gasteiger charge is 2.19. The molecule has 1 aromatic rings.